The average Bonchev–Trinajstić information content (AvgIpc) is 2.37. The lowest BCUT2D eigenvalue weighted by molar-refractivity contribution is 0.0816. The molecule has 0 spiro atoms. The van der Waals surface area contributed by atoms with E-state index in [4.69, 9.17) is 0 Å². The highest BCUT2D eigenvalue weighted by Gasteiger charge is 2.36. The molecule has 102 valence electrons. The Morgan fingerprint density at radius 3 is 2.26 bits per heavy atom. The molecule has 1 N–H and O–H groups in total. The van der Waals surface area contributed by atoms with E-state index in [1.165, 1.54) is 12.5 Å². The first-order chi connectivity index (χ1) is 9.15. The van der Waals surface area contributed by atoms with Gasteiger partial charge in [0.15, 0.2) is 5.78 Å². The Labute approximate surface area is 111 Å². The van der Waals surface area contributed by atoms with Gasteiger partial charge in [0.25, 0.3) is 0 Å². The van der Waals surface area contributed by atoms with Gasteiger partial charge in [-0.3, -0.25) is 4.79 Å². The summed E-state index contributed by atoms with van der Waals surface area (Å²) < 4.78 is 27.3. The highest BCUT2D eigenvalue weighted by molar-refractivity contribution is 5.98. The molecule has 1 aromatic carbocycles. The van der Waals surface area contributed by atoms with Gasteiger partial charge in [0.2, 0.25) is 0 Å². The summed E-state index contributed by atoms with van der Waals surface area (Å²) >= 11 is 0. The molecule has 3 rings (SSSR count). The minimum atomic E-state index is -0.742. The van der Waals surface area contributed by atoms with E-state index in [1.807, 2.05) is 0 Å². The third-order valence-corrected chi connectivity index (χ3v) is 4.29. The zero-order chi connectivity index (χ0) is 13.4. The fourth-order valence-electron chi connectivity index (χ4n) is 3.42. The van der Waals surface area contributed by atoms with Crippen molar-refractivity contribution in [1.29, 1.82) is 0 Å². The first kappa shape index (κ1) is 12.7. The van der Waals surface area contributed by atoms with Crippen molar-refractivity contribution in [2.45, 2.75) is 44.2 Å². The van der Waals surface area contributed by atoms with Gasteiger partial charge in [-0.1, -0.05) is 12.5 Å². The first-order valence-corrected chi connectivity index (χ1v) is 6.89. The number of benzene rings is 1. The molecule has 2 aliphatic heterocycles. The molecule has 2 saturated heterocycles. The Morgan fingerprint density at radius 2 is 1.68 bits per heavy atom. The fourth-order valence-corrected chi connectivity index (χ4v) is 3.42. The molecule has 0 radical (unpaired) electrons. The van der Waals surface area contributed by atoms with Crippen molar-refractivity contribution < 1.29 is 13.6 Å². The van der Waals surface area contributed by atoms with E-state index in [1.54, 1.807) is 0 Å². The van der Waals surface area contributed by atoms with Gasteiger partial charge in [-0.15, -0.1) is 0 Å². The molecule has 2 unspecified atom stereocenters. The lowest BCUT2D eigenvalue weighted by Crippen LogP contribution is -2.50. The summed E-state index contributed by atoms with van der Waals surface area (Å²) in [7, 11) is 0. The maximum absolute atomic E-state index is 13.7. The molecule has 2 nitrogen and oxygen atoms in total. The predicted molar refractivity (Wildman–Crippen MR) is 68.0 cm³/mol. The Bertz CT molecular complexity index is 471. The van der Waals surface area contributed by atoms with Crippen LogP contribution in [0.5, 0.6) is 0 Å². The number of hydrogen-bond acceptors (Lipinski definition) is 2. The van der Waals surface area contributed by atoms with E-state index >= 15 is 0 Å². The van der Waals surface area contributed by atoms with Crippen molar-refractivity contribution in [2.24, 2.45) is 5.92 Å². The van der Waals surface area contributed by atoms with Crippen molar-refractivity contribution in [3.63, 3.8) is 0 Å². The van der Waals surface area contributed by atoms with Gasteiger partial charge in [-0.05, 0) is 37.8 Å². The number of hydrogen-bond donors (Lipinski definition) is 1. The van der Waals surface area contributed by atoms with Crippen molar-refractivity contribution in [2.75, 3.05) is 0 Å². The van der Waals surface area contributed by atoms with Crippen molar-refractivity contribution in [3.05, 3.63) is 35.4 Å². The van der Waals surface area contributed by atoms with E-state index in [9.17, 15) is 13.6 Å². The zero-order valence-corrected chi connectivity index (χ0v) is 10.7. The van der Waals surface area contributed by atoms with Gasteiger partial charge >= 0.3 is 0 Å². The third kappa shape index (κ3) is 2.41. The summed E-state index contributed by atoms with van der Waals surface area (Å²) in [5.41, 5.74) is -0.354. The van der Waals surface area contributed by atoms with Crippen LogP contribution in [0, 0.1) is 17.6 Å². The van der Waals surface area contributed by atoms with Crippen LogP contribution in [0.25, 0.3) is 0 Å². The van der Waals surface area contributed by atoms with Crippen LogP contribution >= 0.6 is 0 Å². The summed E-state index contributed by atoms with van der Waals surface area (Å²) in [4.78, 5) is 12.4. The van der Waals surface area contributed by atoms with Crippen LogP contribution in [0.1, 0.15) is 42.5 Å². The maximum Gasteiger partial charge on any atom is 0.171 e. The van der Waals surface area contributed by atoms with Gasteiger partial charge in [-0.25, -0.2) is 8.78 Å². The van der Waals surface area contributed by atoms with E-state index in [0.29, 0.717) is 24.9 Å². The third-order valence-electron chi connectivity index (χ3n) is 4.29. The molecule has 2 aliphatic rings. The quantitative estimate of drug-likeness (QED) is 0.833. The van der Waals surface area contributed by atoms with Crippen LogP contribution in [0.4, 0.5) is 8.78 Å². The Kier molecular flexibility index (Phi) is 3.35. The highest BCUT2D eigenvalue weighted by Crippen LogP contribution is 2.32. The number of halogens is 2. The number of ketones is 1. The number of nitrogens with one attached hydrogen (secondary N) is 1. The SMILES string of the molecule is O=C(c1c(F)cccc1F)C1CC2CCCC(C1)N2. The van der Waals surface area contributed by atoms with Crippen LogP contribution in [0.2, 0.25) is 0 Å². The van der Waals surface area contributed by atoms with Gasteiger partial charge in [0, 0.05) is 18.0 Å². The molecule has 0 saturated carbocycles. The number of rotatable bonds is 2. The molecule has 0 aliphatic carbocycles. The van der Waals surface area contributed by atoms with Crippen LogP contribution in [0.15, 0.2) is 18.2 Å². The number of piperidine rings is 2. The normalized spacial score (nSPS) is 30.1. The van der Waals surface area contributed by atoms with Crippen molar-refractivity contribution >= 4 is 5.78 Å². The van der Waals surface area contributed by atoms with Crippen LogP contribution in [-0.2, 0) is 0 Å². The molecule has 0 amide bonds. The summed E-state index contributed by atoms with van der Waals surface area (Å²) in [5, 5.41) is 3.48. The van der Waals surface area contributed by atoms with E-state index < -0.39 is 11.6 Å². The molecule has 1 aromatic rings. The summed E-state index contributed by atoms with van der Waals surface area (Å²) in [6.45, 7) is 0. The van der Waals surface area contributed by atoms with Gasteiger partial charge < -0.3 is 5.32 Å². The standard InChI is InChI=1S/C15H17F2NO/c16-12-5-2-6-13(17)14(12)15(19)9-7-10-3-1-4-11(8-9)18-10/h2,5-6,9-11,18H,1,3-4,7-8H2. The number of fused-ring (bicyclic) bond motifs is 2. The lowest BCUT2D eigenvalue weighted by Gasteiger charge is -2.39. The van der Waals surface area contributed by atoms with Crippen LogP contribution < -0.4 is 5.32 Å². The summed E-state index contributed by atoms with van der Waals surface area (Å²) in [5.74, 6) is -2.10. The minimum absolute atomic E-state index is 0.247. The molecule has 2 fully saturated rings. The van der Waals surface area contributed by atoms with E-state index in [-0.39, 0.29) is 17.3 Å². The molecule has 2 bridgehead atoms. The molecule has 2 atom stereocenters. The monoisotopic (exact) mass is 265 g/mol. The second-order valence-electron chi connectivity index (χ2n) is 5.62. The Hall–Kier alpha value is -1.29. The van der Waals surface area contributed by atoms with E-state index in [2.05, 4.69) is 5.32 Å². The number of carbonyl (C=O) groups is 1. The highest BCUT2D eigenvalue weighted by atomic mass is 19.1. The lowest BCUT2D eigenvalue weighted by atomic mass is 9.77. The molecule has 4 heteroatoms. The van der Waals surface area contributed by atoms with Crippen LogP contribution in [0.3, 0.4) is 0 Å². The maximum atomic E-state index is 13.7. The molecular weight excluding hydrogens is 248 g/mol. The minimum Gasteiger partial charge on any atom is -0.311 e. The topological polar surface area (TPSA) is 29.1 Å². The fraction of sp³-hybridized carbons (Fsp3) is 0.533. The van der Waals surface area contributed by atoms with E-state index in [0.717, 1.165) is 25.0 Å². The van der Waals surface area contributed by atoms with Crippen molar-refractivity contribution in [1.82, 2.24) is 5.32 Å². The van der Waals surface area contributed by atoms with Gasteiger partial charge in [-0.2, -0.15) is 0 Å². The molecule has 0 aromatic heterocycles. The average molecular weight is 265 g/mol. The summed E-state index contributed by atoms with van der Waals surface area (Å²) in [6, 6.07) is 4.25. The number of carbonyl (C=O) groups excluding carboxylic acids is 1. The van der Waals surface area contributed by atoms with Gasteiger partial charge in [0.1, 0.15) is 11.6 Å². The second-order valence-corrected chi connectivity index (χ2v) is 5.62. The van der Waals surface area contributed by atoms with Crippen molar-refractivity contribution in [3.8, 4) is 0 Å². The molecule has 19 heavy (non-hydrogen) atoms. The molecule has 2 heterocycles. The summed E-state index contributed by atoms with van der Waals surface area (Å²) in [6.07, 6.45) is 4.68. The first-order valence-electron chi connectivity index (χ1n) is 6.89. The molecular formula is C15H17F2NO. The Balaban J connectivity index is 1.84. The van der Waals surface area contributed by atoms with Gasteiger partial charge in [0.05, 0.1) is 5.56 Å². The second kappa shape index (κ2) is 5.00. The number of Topliss-reactive ketones (excluding diaryl/α,β-unsaturated/α-hetero) is 1. The van der Waals surface area contributed by atoms with Crippen LogP contribution in [-0.4, -0.2) is 17.9 Å². The smallest absolute Gasteiger partial charge is 0.171 e. The predicted octanol–water partition coefficient (Wildman–Crippen LogP) is 3.07. The largest absolute Gasteiger partial charge is 0.311 e. The zero-order valence-electron chi connectivity index (χ0n) is 10.7. The Morgan fingerprint density at radius 1 is 1.11 bits per heavy atom.